The van der Waals surface area contributed by atoms with E-state index in [1.54, 1.807) is 6.92 Å². The molecule has 0 N–H and O–H groups in total. The monoisotopic (exact) mass is 536 g/mol. The first-order valence-electron chi connectivity index (χ1n) is 14.4. The van der Waals surface area contributed by atoms with Crippen molar-refractivity contribution in [3.8, 4) is 0 Å². The van der Waals surface area contributed by atoms with Crippen molar-refractivity contribution >= 4 is 25.9 Å². The number of hydrogen-bond acceptors (Lipinski definition) is 4. The number of alkyl halides is 1. The van der Waals surface area contributed by atoms with Gasteiger partial charge in [0.05, 0.1) is 6.10 Å². The lowest BCUT2D eigenvalue weighted by Crippen LogP contribution is -2.63. The van der Waals surface area contributed by atoms with E-state index in [2.05, 4.69) is 66.8 Å². The van der Waals surface area contributed by atoms with E-state index in [1.165, 1.54) is 19.3 Å². The molecular weight excluding hydrogens is 488 g/mol. The highest BCUT2D eigenvalue weighted by molar-refractivity contribution is 6.74. The summed E-state index contributed by atoms with van der Waals surface area (Å²) in [5, 5.41) is 0.161. The minimum atomic E-state index is -1.92. The molecule has 11 atom stereocenters. The molecule has 0 amide bonds. The Bertz CT molecular complexity index is 928. The molecule has 0 aromatic carbocycles. The number of epoxide rings is 1. The first kappa shape index (κ1) is 27.2. The van der Waals surface area contributed by atoms with Crippen molar-refractivity contribution in [3.63, 3.8) is 0 Å². The molecule has 5 rings (SSSR count). The highest BCUT2D eigenvalue weighted by Crippen LogP contribution is 2.74. The number of fused-ring (bicyclic) bond motifs is 4. The van der Waals surface area contributed by atoms with Crippen molar-refractivity contribution in [1.29, 1.82) is 0 Å². The summed E-state index contributed by atoms with van der Waals surface area (Å²) < 4.78 is 19.9. The molecular formula is C30H49ClO4Si. The zero-order chi connectivity index (χ0) is 26.5. The van der Waals surface area contributed by atoms with E-state index < -0.39 is 8.32 Å². The predicted octanol–water partition coefficient (Wildman–Crippen LogP) is 7.36. The molecule has 1 unspecified atom stereocenters. The Hall–Kier alpha value is -0.363. The largest absolute Gasteiger partial charge is 0.459 e. The molecule has 1 saturated heterocycles. The van der Waals surface area contributed by atoms with Crippen molar-refractivity contribution in [1.82, 2.24) is 0 Å². The van der Waals surface area contributed by atoms with Crippen LogP contribution in [0.4, 0.5) is 0 Å². The highest BCUT2D eigenvalue weighted by Gasteiger charge is 2.79. The quantitative estimate of drug-likeness (QED) is 0.121. The second-order valence-corrected chi connectivity index (χ2v) is 20.0. The Kier molecular flexibility index (Phi) is 6.48. The molecule has 1 aliphatic heterocycles. The number of carbonyl (C=O) groups excluding carboxylic acids is 1. The van der Waals surface area contributed by atoms with Gasteiger partial charge in [-0.1, -0.05) is 53.7 Å². The van der Waals surface area contributed by atoms with Crippen LogP contribution in [0.2, 0.25) is 18.1 Å². The molecule has 4 aliphatic carbocycles. The van der Waals surface area contributed by atoms with Crippen LogP contribution >= 0.6 is 11.6 Å². The number of esters is 1. The average molecular weight is 537 g/mol. The minimum Gasteiger partial charge on any atom is -0.459 e. The van der Waals surface area contributed by atoms with E-state index >= 15 is 0 Å². The van der Waals surface area contributed by atoms with Gasteiger partial charge in [-0.3, -0.25) is 4.79 Å². The summed E-state index contributed by atoms with van der Waals surface area (Å²) in [5.74, 6) is 3.04. The standard InChI is InChI=1S/C30H49ClO4Si/c1-18(17-31)21-10-11-22-24-23(13-14-28(21,22)6)29(7)15-12-20(35-36(8,9)27(3,4)5)16-30(29)26(34-30)25(24)33-19(2)32/h12,15,18,20-26H,10-11,13-14,16-17H2,1-9H3/t18-,20+,21-,22+,23+,24+,25?,26-,28-,29-,30-/m1/s1. The first-order valence-corrected chi connectivity index (χ1v) is 17.8. The van der Waals surface area contributed by atoms with Crippen molar-refractivity contribution in [3.05, 3.63) is 12.2 Å². The van der Waals surface area contributed by atoms with Crippen LogP contribution in [0.1, 0.15) is 80.6 Å². The zero-order valence-corrected chi connectivity index (χ0v) is 25.8. The Morgan fingerprint density at radius 2 is 1.89 bits per heavy atom. The van der Waals surface area contributed by atoms with E-state index in [0.29, 0.717) is 29.6 Å². The summed E-state index contributed by atoms with van der Waals surface area (Å²) in [6.07, 6.45) is 10.4. The van der Waals surface area contributed by atoms with Crippen LogP contribution in [0.3, 0.4) is 0 Å². The van der Waals surface area contributed by atoms with Crippen LogP contribution in [0.5, 0.6) is 0 Å². The summed E-state index contributed by atoms with van der Waals surface area (Å²) in [6, 6.07) is 0. The van der Waals surface area contributed by atoms with Gasteiger partial charge in [-0.15, -0.1) is 11.6 Å². The molecule has 3 saturated carbocycles. The van der Waals surface area contributed by atoms with Gasteiger partial charge in [-0.2, -0.15) is 0 Å². The average Bonchev–Trinajstić information content (AvgIpc) is 3.38. The van der Waals surface area contributed by atoms with Gasteiger partial charge in [0.15, 0.2) is 8.32 Å². The van der Waals surface area contributed by atoms with Crippen molar-refractivity contribution in [2.75, 3.05) is 5.88 Å². The van der Waals surface area contributed by atoms with Crippen molar-refractivity contribution in [2.45, 2.75) is 123 Å². The number of ether oxygens (including phenoxy) is 2. The van der Waals surface area contributed by atoms with Gasteiger partial charge in [0, 0.05) is 30.6 Å². The van der Waals surface area contributed by atoms with Crippen LogP contribution in [0, 0.1) is 40.4 Å². The molecule has 204 valence electrons. The molecule has 0 aromatic rings. The third-order valence-corrected chi connectivity index (χ3v) is 17.1. The van der Waals surface area contributed by atoms with Gasteiger partial charge in [0.2, 0.25) is 0 Å². The number of halogens is 1. The fourth-order valence-corrected chi connectivity index (χ4v) is 10.7. The van der Waals surface area contributed by atoms with E-state index in [4.69, 9.17) is 25.5 Å². The Morgan fingerprint density at radius 1 is 1.19 bits per heavy atom. The third kappa shape index (κ3) is 3.76. The van der Waals surface area contributed by atoms with Crippen molar-refractivity contribution < 1.29 is 18.7 Å². The van der Waals surface area contributed by atoms with E-state index in [-0.39, 0.29) is 45.8 Å². The summed E-state index contributed by atoms with van der Waals surface area (Å²) >= 11 is 6.38. The molecule has 4 fully saturated rings. The molecule has 1 heterocycles. The normalized spacial score (nSPS) is 48.3. The molecule has 0 aromatic heterocycles. The molecule has 6 heteroatoms. The van der Waals surface area contributed by atoms with E-state index in [9.17, 15) is 4.79 Å². The van der Waals surface area contributed by atoms with Crippen LogP contribution in [-0.2, 0) is 18.7 Å². The van der Waals surface area contributed by atoms with Crippen LogP contribution in [-0.4, -0.2) is 44.1 Å². The minimum absolute atomic E-state index is 0.0324. The van der Waals surface area contributed by atoms with Crippen LogP contribution < -0.4 is 0 Å². The molecule has 0 radical (unpaired) electrons. The van der Waals surface area contributed by atoms with E-state index in [0.717, 1.165) is 18.7 Å². The smallest absolute Gasteiger partial charge is 0.303 e. The number of carbonyl (C=O) groups is 1. The second-order valence-electron chi connectivity index (χ2n) is 14.9. The van der Waals surface area contributed by atoms with Gasteiger partial charge >= 0.3 is 5.97 Å². The van der Waals surface area contributed by atoms with Gasteiger partial charge < -0.3 is 13.9 Å². The lowest BCUT2D eigenvalue weighted by atomic mass is 9.44. The maximum atomic E-state index is 12.4. The molecule has 5 aliphatic rings. The second kappa shape index (κ2) is 8.57. The summed E-state index contributed by atoms with van der Waals surface area (Å²) in [4.78, 5) is 12.4. The topological polar surface area (TPSA) is 48.1 Å². The van der Waals surface area contributed by atoms with E-state index in [1.807, 2.05) is 0 Å². The fourth-order valence-electron chi connectivity index (χ4n) is 9.20. The fraction of sp³-hybridized carbons (Fsp3) is 0.900. The Morgan fingerprint density at radius 3 is 2.50 bits per heavy atom. The number of hydrogen-bond donors (Lipinski definition) is 0. The predicted molar refractivity (Wildman–Crippen MR) is 148 cm³/mol. The molecule has 1 spiro atoms. The lowest BCUT2D eigenvalue weighted by Gasteiger charge is -2.59. The van der Waals surface area contributed by atoms with Crippen LogP contribution in [0.25, 0.3) is 0 Å². The maximum Gasteiger partial charge on any atom is 0.303 e. The third-order valence-electron chi connectivity index (χ3n) is 12.2. The summed E-state index contributed by atoms with van der Waals surface area (Å²) in [6.45, 7) is 20.4. The maximum absolute atomic E-state index is 12.4. The van der Waals surface area contributed by atoms with Gasteiger partial charge in [-0.25, -0.2) is 0 Å². The van der Waals surface area contributed by atoms with Crippen molar-refractivity contribution in [2.24, 2.45) is 40.4 Å². The molecule has 4 nitrogen and oxygen atoms in total. The van der Waals surface area contributed by atoms with Gasteiger partial charge in [0.1, 0.15) is 17.8 Å². The zero-order valence-electron chi connectivity index (χ0n) is 24.0. The highest BCUT2D eigenvalue weighted by atomic mass is 35.5. The summed E-state index contributed by atoms with van der Waals surface area (Å²) in [7, 11) is -1.92. The van der Waals surface area contributed by atoms with Gasteiger partial charge in [-0.05, 0) is 72.9 Å². The van der Waals surface area contributed by atoms with Gasteiger partial charge in [0.25, 0.3) is 0 Å². The summed E-state index contributed by atoms with van der Waals surface area (Å²) in [5.41, 5.74) is -0.0828. The van der Waals surface area contributed by atoms with Crippen LogP contribution in [0.15, 0.2) is 12.2 Å². The number of rotatable bonds is 5. The lowest BCUT2D eigenvalue weighted by molar-refractivity contribution is -0.169. The molecule has 0 bridgehead atoms. The first-order chi connectivity index (χ1) is 16.6. The molecule has 36 heavy (non-hydrogen) atoms. The Labute approximate surface area is 225 Å². The SMILES string of the molecule is CC(=O)OC1[C@H]2[C@@H]3CC[C@H]([C@H](C)CCl)[C@@]3(C)CC[C@@H]2[C@@]2(C)C=C[C@H](O[Si](C)(C)C(C)(C)C)C[C@]23O[C@H]13. The Balaban J connectivity index is 1.50.